The van der Waals surface area contributed by atoms with Gasteiger partial charge < -0.3 is 10.2 Å². The number of nitrogens with zero attached hydrogens (tertiary/aromatic N) is 1. The van der Waals surface area contributed by atoms with Gasteiger partial charge in [-0.25, -0.2) is 0 Å². The Morgan fingerprint density at radius 2 is 1.63 bits per heavy atom. The highest BCUT2D eigenvalue weighted by atomic mass is 35.5. The molecule has 0 aliphatic heterocycles. The van der Waals surface area contributed by atoms with Gasteiger partial charge in [-0.15, -0.1) is 11.8 Å². The van der Waals surface area contributed by atoms with Gasteiger partial charge in [-0.05, 0) is 48.6 Å². The molecule has 4 nitrogen and oxygen atoms in total. The summed E-state index contributed by atoms with van der Waals surface area (Å²) in [5, 5.41) is 4.01. The number of carbonyl (C=O) groups is 2. The summed E-state index contributed by atoms with van der Waals surface area (Å²) < 4.78 is 0. The zero-order valence-electron chi connectivity index (χ0n) is 22.1. The molecule has 200 valence electrons. The Labute approximate surface area is 236 Å². The molecule has 1 atom stereocenters. The second kappa shape index (κ2) is 14.4. The van der Waals surface area contributed by atoms with Crippen LogP contribution in [0.5, 0.6) is 0 Å². The van der Waals surface area contributed by atoms with Crippen LogP contribution in [0.15, 0.2) is 78.9 Å². The number of halogens is 1. The molecular weight excluding hydrogens is 512 g/mol. The molecule has 2 amide bonds. The Hall–Kier alpha value is -2.76. The third-order valence-corrected chi connectivity index (χ3v) is 8.31. The Bertz CT molecular complexity index is 1180. The lowest BCUT2D eigenvalue weighted by molar-refractivity contribution is -0.139. The van der Waals surface area contributed by atoms with Crippen molar-refractivity contribution in [1.29, 1.82) is 0 Å². The van der Waals surface area contributed by atoms with Crippen molar-refractivity contribution in [2.75, 3.05) is 5.75 Å². The van der Waals surface area contributed by atoms with Crippen LogP contribution in [0, 0.1) is 6.92 Å². The molecule has 1 saturated carbocycles. The van der Waals surface area contributed by atoms with E-state index in [1.165, 1.54) is 6.42 Å². The van der Waals surface area contributed by atoms with E-state index in [-0.39, 0.29) is 17.9 Å². The van der Waals surface area contributed by atoms with E-state index >= 15 is 0 Å². The molecule has 0 spiro atoms. The second-order valence-corrected chi connectivity index (χ2v) is 11.6. The Kier molecular flexibility index (Phi) is 10.7. The molecule has 6 heteroatoms. The minimum Gasteiger partial charge on any atom is -0.352 e. The summed E-state index contributed by atoms with van der Waals surface area (Å²) in [5.74, 6) is 0.935. The molecule has 0 unspecified atom stereocenters. The third kappa shape index (κ3) is 8.64. The Balaban J connectivity index is 1.56. The summed E-state index contributed by atoms with van der Waals surface area (Å²) in [6.45, 7) is 2.45. The van der Waals surface area contributed by atoms with E-state index < -0.39 is 6.04 Å². The van der Waals surface area contributed by atoms with Crippen molar-refractivity contribution in [2.24, 2.45) is 0 Å². The summed E-state index contributed by atoms with van der Waals surface area (Å²) in [5.41, 5.74) is 4.34. The van der Waals surface area contributed by atoms with Crippen molar-refractivity contribution >= 4 is 35.2 Å². The molecule has 1 aliphatic rings. The van der Waals surface area contributed by atoms with Crippen LogP contribution < -0.4 is 5.32 Å². The number of nitrogens with one attached hydrogen (secondary N) is 1. The lowest BCUT2D eigenvalue weighted by atomic mass is 9.94. The van der Waals surface area contributed by atoms with Crippen LogP contribution in [0.4, 0.5) is 0 Å². The summed E-state index contributed by atoms with van der Waals surface area (Å²) in [4.78, 5) is 29.4. The molecule has 3 aromatic carbocycles. The van der Waals surface area contributed by atoms with Crippen LogP contribution in [-0.4, -0.2) is 34.6 Å². The first-order valence-electron chi connectivity index (χ1n) is 13.5. The molecule has 1 aliphatic carbocycles. The quantitative estimate of drug-likeness (QED) is 0.281. The number of hydrogen-bond donors (Lipinski definition) is 1. The summed E-state index contributed by atoms with van der Waals surface area (Å²) in [7, 11) is 0. The van der Waals surface area contributed by atoms with Crippen LogP contribution in [-0.2, 0) is 28.3 Å². The Morgan fingerprint density at radius 1 is 0.921 bits per heavy atom. The fraction of sp³-hybridized carbons (Fsp3) is 0.375. The zero-order valence-corrected chi connectivity index (χ0v) is 23.6. The average Bonchev–Trinajstić information content (AvgIpc) is 2.93. The number of benzene rings is 3. The van der Waals surface area contributed by atoms with Crippen molar-refractivity contribution in [3.63, 3.8) is 0 Å². The van der Waals surface area contributed by atoms with Crippen molar-refractivity contribution in [3.05, 3.63) is 106 Å². The summed E-state index contributed by atoms with van der Waals surface area (Å²) in [6.07, 6.45) is 6.00. The maximum Gasteiger partial charge on any atom is 0.243 e. The van der Waals surface area contributed by atoms with Gasteiger partial charge in [0.1, 0.15) is 6.04 Å². The van der Waals surface area contributed by atoms with Gasteiger partial charge >= 0.3 is 0 Å². The second-order valence-electron chi connectivity index (χ2n) is 10.2. The predicted molar refractivity (Wildman–Crippen MR) is 158 cm³/mol. The normalized spacial score (nSPS) is 14.6. The van der Waals surface area contributed by atoms with E-state index in [1.807, 2.05) is 66.7 Å². The van der Waals surface area contributed by atoms with Crippen LogP contribution >= 0.6 is 23.4 Å². The molecule has 0 radical (unpaired) electrons. The maximum atomic E-state index is 13.8. The van der Waals surface area contributed by atoms with Crippen molar-refractivity contribution in [3.8, 4) is 0 Å². The molecule has 0 heterocycles. The SMILES string of the molecule is Cc1cccc(CN(C(=O)CSCc2ccc(Cl)cc2)[C@@H](Cc2ccccc2)C(=O)NC2CCCCC2)c1. The monoisotopic (exact) mass is 548 g/mol. The molecule has 0 aromatic heterocycles. The van der Waals surface area contributed by atoms with Crippen LogP contribution in [0.3, 0.4) is 0 Å². The average molecular weight is 549 g/mol. The molecule has 3 aromatic rings. The van der Waals surface area contributed by atoms with E-state index in [4.69, 9.17) is 11.6 Å². The number of carbonyl (C=O) groups excluding carboxylic acids is 2. The van der Waals surface area contributed by atoms with Crippen molar-refractivity contribution in [2.45, 2.75) is 69.8 Å². The maximum absolute atomic E-state index is 13.8. The first kappa shape index (κ1) is 28.3. The number of aryl methyl sites for hydroxylation is 1. The number of rotatable bonds is 11. The van der Waals surface area contributed by atoms with E-state index in [0.29, 0.717) is 29.5 Å². The topological polar surface area (TPSA) is 49.4 Å². The van der Waals surface area contributed by atoms with E-state index in [1.54, 1.807) is 16.7 Å². The lowest BCUT2D eigenvalue weighted by Gasteiger charge is -2.33. The standard InChI is InChI=1S/C32H37ClN2O2S/c1-24-9-8-12-27(19-24)21-35(31(36)23-38-22-26-15-17-28(33)18-16-26)30(20-25-10-4-2-5-11-25)32(37)34-29-13-6-3-7-14-29/h2,4-5,8-12,15-19,29-30H,3,6-7,13-14,20-23H2,1H3,(H,34,37)/t30-/m0/s1. The predicted octanol–water partition coefficient (Wildman–Crippen LogP) is 6.97. The van der Waals surface area contributed by atoms with Crippen LogP contribution in [0.25, 0.3) is 0 Å². The molecule has 0 bridgehead atoms. The molecule has 1 fully saturated rings. The minimum atomic E-state index is -0.580. The fourth-order valence-corrected chi connectivity index (χ4v) is 6.02. The van der Waals surface area contributed by atoms with Gasteiger partial charge in [0.05, 0.1) is 5.75 Å². The third-order valence-electron chi connectivity index (χ3n) is 7.07. The van der Waals surface area contributed by atoms with Gasteiger partial charge in [0, 0.05) is 29.8 Å². The van der Waals surface area contributed by atoms with Gasteiger partial charge in [0.15, 0.2) is 0 Å². The highest BCUT2D eigenvalue weighted by molar-refractivity contribution is 7.99. The number of hydrogen-bond acceptors (Lipinski definition) is 3. The number of thioether (sulfide) groups is 1. The van der Waals surface area contributed by atoms with Gasteiger partial charge in [-0.2, -0.15) is 0 Å². The first-order chi connectivity index (χ1) is 18.5. The smallest absolute Gasteiger partial charge is 0.243 e. The molecular formula is C32H37ClN2O2S. The van der Waals surface area contributed by atoms with Crippen molar-refractivity contribution in [1.82, 2.24) is 10.2 Å². The van der Waals surface area contributed by atoms with Crippen molar-refractivity contribution < 1.29 is 9.59 Å². The van der Waals surface area contributed by atoms with Gasteiger partial charge in [-0.3, -0.25) is 9.59 Å². The summed E-state index contributed by atoms with van der Waals surface area (Å²) in [6, 6.07) is 25.5. The fourth-order valence-electron chi connectivity index (χ4n) is 5.03. The number of amides is 2. The molecule has 1 N–H and O–H groups in total. The highest BCUT2D eigenvalue weighted by Gasteiger charge is 2.31. The zero-order chi connectivity index (χ0) is 26.7. The first-order valence-corrected chi connectivity index (χ1v) is 15.0. The van der Waals surface area contributed by atoms with Gasteiger partial charge in [-0.1, -0.05) is 103 Å². The molecule has 0 saturated heterocycles. The van der Waals surface area contributed by atoms with E-state index in [9.17, 15) is 9.59 Å². The largest absolute Gasteiger partial charge is 0.352 e. The van der Waals surface area contributed by atoms with Crippen LogP contribution in [0.2, 0.25) is 5.02 Å². The minimum absolute atomic E-state index is 0.0230. The Morgan fingerprint density at radius 3 is 2.34 bits per heavy atom. The van der Waals surface area contributed by atoms with Gasteiger partial charge in [0.2, 0.25) is 11.8 Å². The summed E-state index contributed by atoms with van der Waals surface area (Å²) >= 11 is 7.59. The lowest BCUT2D eigenvalue weighted by Crippen LogP contribution is -2.53. The van der Waals surface area contributed by atoms with Gasteiger partial charge in [0.25, 0.3) is 0 Å². The van der Waals surface area contributed by atoms with E-state index in [2.05, 4.69) is 24.4 Å². The highest BCUT2D eigenvalue weighted by Crippen LogP contribution is 2.22. The van der Waals surface area contributed by atoms with Crippen LogP contribution in [0.1, 0.15) is 54.4 Å². The molecule has 38 heavy (non-hydrogen) atoms. The van der Waals surface area contributed by atoms with E-state index in [0.717, 1.165) is 47.9 Å². The molecule has 4 rings (SSSR count).